The fraction of sp³-hybridized carbons (Fsp3) is 1.00. The standard InChI is InChI=1S/C14H28O/c1-3-5-6-7-8-12-15-13-14(4-2)10-9-11-14/h3-13H2,1-2H3. The van der Waals surface area contributed by atoms with Gasteiger partial charge >= 0.3 is 0 Å². The van der Waals surface area contributed by atoms with Crippen LogP contribution in [-0.4, -0.2) is 13.2 Å². The molecule has 1 nitrogen and oxygen atoms in total. The number of hydrogen-bond donors (Lipinski definition) is 0. The zero-order chi connectivity index (χ0) is 11.0. The Kier molecular flexibility index (Phi) is 6.31. The minimum atomic E-state index is 0.587. The second-order valence-electron chi connectivity index (χ2n) is 5.17. The van der Waals surface area contributed by atoms with Gasteiger partial charge in [-0.05, 0) is 31.1 Å². The Labute approximate surface area is 95.6 Å². The van der Waals surface area contributed by atoms with Crippen molar-refractivity contribution in [3.8, 4) is 0 Å². The third kappa shape index (κ3) is 4.55. The van der Waals surface area contributed by atoms with E-state index in [1.54, 1.807) is 0 Å². The molecule has 0 amide bonds. The molecule has 1 fully saturated rings. The van der Waals surface area contributed by atoms with Crippen molar-refractivity contribution in [1.82, 2.24) is 0 Å². The zero-order valence-corrected chi connectivity index (χ0v) is 10.7. The van der Waals surface area contributed by atoms with Gasteiger partial charge in [0.15, 0.2) is 0 Å². The summed E-state index contributed by atoms with van der Waals surface area (Å²) in [5, 5.41) is 0. The Hall–Kier alpha value is -0.0400. The molecule has 0 atom stereocenters. The predicted octanol–water partition coefficient (Wildman–Crippen LogP) is 4.55. The monoisotopic (exact) mass is 212 g/mol. The zero-order valence-electron chi connectivity index (χ0n) is 10.7. The summed E-state index contributed by atoms with van der Waals surface area (Å²) >= 11 is 0. The lowest BCUT2D eigenvalue weighted by Crippen LogP contribution is -2.33. The smallest absolute Gasteiger partial charge is 0.0522 e. The molecule has 90 valence electrons. The maximum absolute atomic E-state index is 5.81. The van der Waals surface area contributed by atoms with Gasteiger partial charge in [-0.25, -0.2) is 0 Å². The van der Waals surface area contributed by atoms with E-state index in [0.717, 1.165) is 13.2 Å². The minimum absolute atomic E-state index is 0.587. The summed E-state index contributed by atoms with van der Waals surface area (Å²) < 4.78 is 5.81. The normalized spacial score (nSPS) is 18.8. The molecule has 0 N–H and O–H groups in total. The lowest BCUT2D eigenvalue weighted by molar-refractivity contribution is -0.00996. The Balaban J connectivity index is 1.88. The van der Waals surface area contributed by atoms with Crippen LogP contribution in [0.5, 0.6) is 0 Å². The first-order chi connectivity index (χ1) is 7.33. The first-order valence-electron chi connectivity index (χ1n) is 6.91. The quantitative estimate of drug-likeness (QED) is 0.509. The minimum Gasteiger partial charge on any atom is -0.381 e. The summed E-state index contributed by atoms with van der Waals surface area (Å²) in [5.74, 6) is 0. The number of unbranched alkanes of at least 4 members (excludes halogenated alkanes) is 4. The molecule has 0 unspecified atom stereocenters. The lowest BCUT2D eigenvalue weighted by atomic mass is 9.68. The van der Waals surface area contributed by atoms with Crippen LogP contribution in [0.2, 0.25) is 0 Å². The maximum Gasteiger partial charge on any atom is 0.0522 e. The predicted molar refractivity (Wildman–Crippen MR) is 66.2 cm³/mol. The molecule has 1 rings (SSSR count). The molecule has 1 heteroatoms. The van der Waals surface area contributed by atoms with Gasteiger partial charge in [0.2, 0.25) is 0 Å². The van der Waals surface area contributed by atoms with Crippen LogP contribution in [0.15, 0.2) is 0 Å². The molecule has 0 aliphatic heterocycles. The van der Waals surface area contributed by atoms with E-state index in [4.69, 9.17) is 4.74 Å². The average molecular weight is 212 g/mol. The topological polar surface area (TPSA) is 9.23 Å². The van der Waals surface area contributed by atoms with E-state index in [0.29, 0.717) is 5.41 Å². The van der Waals surface area contributed by atoms with Crippen molar-refractivity contribution >= 4 is 0 Å². The Morgan fingerprint density at radius 3 is 2.27 bits per heavy atom. The van der Waals surface area contributed by atoms with Crippen LogP contribution in [0.3, 0.4) is 0 Å². The van der Waals surface area contributed by atoms with Crippen LogP contribution in [0.25, 0.3) is 0 Å². The van der Waals surface area contributed by atoms with Gasteiger partial charge in [-0.3, -0.25) is 0 Å². The van der Waals surface area contributed by atoms with Crippen LogP contribution < -0.4 is 0 Å². The molecular formula is C14H28O. The Morgan fingerprint density at radius 1 is 1.00 bits per heavy atom. The molecule has 1 aliphatic rings. The molecule has 0 aromatic rings. The first kappa shape index (κ1) is 13.0. The molecule has 0 radical (unpaired) electrons. The Bertz CT molecular complexity index is 144. The molecule has 0 heterocycles. The van der Waals surface area contributed by atoms with Gasteiger partial charge in [-0.1, -0.05) is 46.0 Å². The highest BCUT2D eigenvalue weighted by Gasteiger charge is 2.34. The highest BCUT2D eigenvalue weighted by molar-refractivity contribution is 4.86. The summed E-state index contributed by atoms with van der Waals surface area (Å²) in [4.78, 5) is 0. The fourth-order valence-corrected chi connectivity index (χ4v) is 2.37. The molecular weight excluding hydrogens is 184 g/mol. The van der Waals surface area contributed by atoms with Crippen LogP contribution in [0.1, 0.15) is 71.6 Å². The summed E-state index contributed by atoms with van der Waals surface area (Å²) in [5.41, 5.74) is 0.587. The number of rotatable bonds is 9. The molecule has 0 aromatic heterocycles. The fourth-order valence-electron chi connectivity index (χ4n) is 2.37. The molecule has 1 aliphatic carbocycles. The third-order valence-electron chi connectivity index (χ3n) is 3.96. The molecule has 0 spiro atoms. The summed E-state index contributed by atoms with van der Waals surface area (Å²) in [6.07, 6.45) is 12.3. The van der Waals surface area contributed by atoms with E-state index in [9.17, 15) is 0 Å². The van der Waals surface area contributed by atoms with E-state index in [-0.39, 0.29) is 0 Å². The van der Waals surface area contributed by atoms with Crippen LogP contribution in [-0.2, 0) is 4.74 Å². The van der Waals surface area contributed by atoms with E-state index >= 15 is 0 Å². The molecule has 15 heavy (non-hydrogen) atoms. The first-order valence-corrected chi connectivity index (χ1v) is 6.91. The summed E-state index contributed by atoms with van der Waals surface area (Å²) in [7, 11) is 0. The van der Waals surface area contributed by atoms with Crippen LogP contribution in [0.4, 0.5) is 0 Å². The van der Waals surface area contributed by atoms with Gasteiger partial charge in [0, 0.05) is 6.61 Å². The number of ether oxygens (including phenoxy) is 1. The average Bonchev–Trinajstić information content (AvgIpc) is 2.20. The third-order valence-corrected chi connectivity index (χ3v) is 3.96. The van der Waals surface area contributed by atoms with E-state index in [2.05, 4.69) is 13.8 Å². The highest BCUT2D eigenvalue weighted by atomic mass is 16.5. The van der Waals surface area contributed by atoms with E-state index in [1.165, 1.54) is 57.8 Å². The second kappa shape index (κ2) is 7.27. The van der Waals surface area contributed by atoms with Gasteiger partial charge in [-0.2, -0.15) is 0 Å². The van der Waals surface area contributed by atoms with E-state index < -0.39 is 0 Å². The molecule has 1 saturated carbocycles. The largest absolute Gasteiger partial charge is 0.381 e. The van der Waals surface area contributed by atoms with Crippen molar-refractivity contribution in [2.75, 3.05) is 13.2 Å². The van der Waals surface area contributed by atoms with Crippen molar-refractivity contribution in [3.05, 3.63) is 0 Å². The van der Waals surface area contributed by atoms with Gasteiger partial charge in [0.1, 0.15) is 0 Å². The van der Waals surface area contributed by atoms with Gasteiger partial charge in [0.25, 0.3) is 0 Å². The molecule has 0 saturated heterocycles. The SMILES string of the molecule is CCCCCCCOCC1(CC)CCC1. The molecule has 0 aromatic carbocycles. The number of hydrogen-bond acceptors (Lipinski definition) is 1. The second-order valence-corrected chi connectivity index (χ2v) is 5.17. The maximum atomic E-state index is 5.81. The van der Waals surface area contributed by atoms with Crippen LogP contribution in [0, 0.1) is 5.41 Å². The van der Waals surface area contributed by atoms with Crippen molar-refractivity contribution in [2.45, 2.75) is 71.6 Å². The van der Waals surface area contributed by atoms with E-state index in [1.807, 2.05) is 0 Å². The van der Waals surface area contributed by atoms with Crippen molar-refractivity contribution in [1.29, 1.82) is 0 Å². The van der Waals surface area contributed by atoms with Gasteiger partial charge in [0.05, 0.1) is 6.61 Å². The van der Waals surface area contributed by atoms with Crippen LogP contribution >= 0.6 is 0 Å². The lowest BCUT2D eigenvalue weighted by Gasteiger charge is -2.40. The van der Waals surface area contributed by atoms with Gasteiger partial charge < -0.3 is 4.74 Å². The van der Waals surface area contributed by atoms with Crippen molar-refractivity contribution < 1.29 is 4.74 Å². The summed E-state index contributed by atoms with van der Waals surface area (Å²) in [6, 6.07) is 0. The molecule has 0 bridgehead atoms. The van der Waals surface area contributed by atoms with Crippen molar-refractivity contribution in [3.63, 3.8) is 0 Å². The Morgan fingerprint density at radius 2 is 1.73 bits per heavy atom. The van der Waals surface area contributed by atoms with Gasteiger partial charge in [-0.15, -0.1) is 0 Å². The van der Waals surface area contributed by atoms with Crippen molar-refractivity contribution in [2.24, 2.45) is 5.41 Å². The summed E-state index contributed by atoms with van der Waals surface area (Å²) in [6.45, 7) is 6.59. The highest BCUT2D eigenvalue weighted by Crippen LogP contribution is 2.43.